The quantitative estimate of drug-likeness (QED) is 0.795. The highest BCUT2D eigenvalue weighted by molar-refractivity contribution is 6.30. The number of likely N-dealkylation sites (N-methyl/N-ethyl adjacent to an activating group) is 1. The van der Waals surface area contributed by atoms with E-state index >= 15 is 0 Å². The lowest BCUT2D eigenvalue weighted by molar-refractivity contribution is -0.135. The van der Waals surface area contributed by atoms with Crippen molar-refractivity contribution in [3.05, 3.63) is 65.2 Å². The molecule has 0 aliphatic rings. The fraction of sp³-hybridized carbons (Fsp3) is 0.316. The summed E-state index contributed by atoms with van der Waals surface area (Å²) in [5.41, 5.74) is 0.450. The third kappa shape index (κ3) is 4.49. The number of rotatable bonds is 6. The lowest BCUT2D eigenvalue weighted by Gasteiger charge is -2.29. The molecule has 0 bridgehead atoms. The summed E-state index contributed by atoms with van der Waals surface area (Å²) in [4.78, 5) is 14.4. The van der Waals surface area contributed by atoms with Crippen LogP contribution in [0.25, 0.3) is 0 Å². The van der Waals surface area contributed by atoms with Crippen LogP contribution in [0.4, 0.5) is 0 Å². The van der Waals surface area contributed by atoms with E-state index in [4.69, 9.17) is 16.3 Å². The van der Waals surface area contributed by atoms with E-state index in [-0.39, 0.29) is 5.91 Å². The average molecular weight is 332 g/mol. The number of benzene rings is 2. The Labute approximate surface area is 142 Å². The second-order valence-corrected chi connectivity index (χ2v) is 6.46. The molecule has 0 saturated heterocycles. The molecule has 0 unspecified atom stereocenters. The average Bonchev–Trinajstić information content (AvgIpc) is 2.56. The van der Waals surface area contributed by atoms with Gasteiger partial charge in [-0.2, -0.15) is 0 Å². The van der Waals surface area contributed by atoms with E-state index in [9.17, 15) is 4.79 Å². The number of hydrogen-bond acceptors (Lipinski definition) is 2. The zero-order valence-electron chi connectivity index (χ0n) is 13.8. The van der Waals surface area contributed by atoms with Crippen LogP contribution in [0.3, 0.4) is 0 Å². The predicted molar refractivity (Wildman–Crippen MR) is 94.1 cm³/mol. The number of nitrogens with zero attached hydrogens (tertiary/aromatic N) is 1. The Morgan fingerprint density at radius 2 is 1.70 bits per heavy atom. The topological polar surface area (TPSA) is 29.5 Å². The van der Waals surface area contributed by atoms with Gasteiger partial charge in [-0.3, -0.25) is 4.79 Å². The molecule has 0 radical (unpaired) electrons. The van der Waals surface area contributed by atoms with Crippen LogP contribution in [0.1, 0.15) is 19.4 Å². The first-order valence-electron chi connectivity index (χ1n) is 7.61. The third-order valence-corrected chi connectivity index (χ3v) is 4.14. The number of amides is 1. The fourth-order valence-electron chi connectivity index (χ4n) is 2.39. The minimum atomic E-state index is -0.559. The van der Waals surface area contributed by atoms with Gasteiger partial charge in [0.15, 0.2) is 0 Å². The van der Waals surface area contributed by atoms with Crippen molar-refractivity contribution in [1.29, 1.82) is 0 Å². The summed E-state index contributed by atoms with van der Waals surface area (Å²) in [5, 5.41) is 0.675. The summed E-state index contributed by atoms with van der Waals surface area (Å²) in [5.74, 6) is 0.820. The first-order valence-corrected chi connectivity index (χ1v) is 7.98. The molecule has 122 valence electrons. The molecule has 3 nitrogen and oxygen atoms in total. The van der Waals surface area contributed by atoms with Gasteiger partial charge in [0.25, 0.3) is 0 Å². The first-order chi connectivity index (χ1) is 10.9. The molecule has 2 rings (SSSR count). The van der Waals surface area contributed by atoms with Gasteiger partial charge < -0.3 is 9.64 Å². The number of carbonyl (C=O) groups is 1. The third-order valence-electron chi connectivity index (χ3n) is 3.89. The zero-order valence-corrected chi connectivity index (χ0v) is 14.5. The lowest BCUT2D eigenvalue weighted by Crippen LogP contribution is -2.42. The van der Waals surface area contributed by atoms with Gasteiger partial charge in [0.1, 0.15) is 12.4 Å². The van der Waals surface area contributed by atoms with Crippen LogP contribution in [-0.4, -0.2) is 31.0 Å². The maximum absolute atomic E-state index is 12.7. The molecule has 23 heavy (non-hydrogen) atoms. The smallest absolute Gasteiger partial charge is 0.232 e. The molecule has 0 spiro atoms. The second-order valence-electron chi connectivity index (χ2n) is 6.02. The SMILES string of the molecule is CN(CCOc1ccc(Cl)cc1)C(=O)C(C)(C)c1ccccc1. The normalized spacial score (nSPS) is 11.1. The van der Waals surface area contributed by atoms with Crippen molar-refractivity contribution in [3.63, 3.8) is 0 Å². The molecule has 0 saturated carbocycles. The molecule has 2 aromatic rings. The van der Waals surface area contributed by atoms with Crippen LogP contribution in [0.2, 0.25) is 5.02 Å². The standard InChI is InChI=1S/C19H22ClNO2/c1-19(2,15-7-5-4-6-8-15)18(22)21(3)13-14-23-17-11-9-16(20)10-12-17/h4-12H,13-14H2,1-3H3. The van der Waals surface area contributed by atoms with E-state index in [1.807, 2.05) is 56.3 Å². The summed E-state index contributed by atoms with van der Waals surface area (Å²) in [6, 6.07) is 17.0. The summed E-state index contributed by atoms with van der Waals surface area (Å²) in [6.07, 6.45) is 0. The second kappa shape index (κ2) is 7.51. The minimum absolute atomic E-state index is 0.0726. The zero-order chi connectivity index (χ0) is 16.9. The Kier molecular flexibility index (Phi) is 5.67. The Balaban J connectivity index is 1.91. The first kappa shape index (κ1) is 17.4. The van der Waals surface area contributed by atoms with Gasteiger partial charge in [-0.1, -0.05) is 41.9 Å². The summed E-state index contributed by atoms with van der Waals surface area (Å²) >= 11 is 5.84. The fourth-order valence-corrected chi connectivity index (χ4v) is 2.51. The van der Waals surface area contributed by atoms with Crippen molar-refractivity contribution in [1.82, 2.24) is 4.90 Å². The van der Waals surface area contributed by atoms with Crippen molar-refractivity contribution >= 4 is 17.5 Å². The molecule has 0 heterocycles. The molecule has 0 atom stereocenters. The highest BCUT2D eigenvalue weighted by Crippen LogP contribution is 2.25. The van der Waals surface area contributed by atoms with Crippen LogP contribution in [-0.2, 0) is 10.2 Å². The molecule has 0 fully saturated rings. The number of halogens is 1. The minimum Gasteiger partial charge on any atom is -0.492 e. The molecular weight excluding hydrogens is 310 g/mol. The van der Waals surface area contributed by atoms with Crippen LogP contribution < -0.4 is 4.74 Å². The van der Waals surface area contributed by atoms with Crippen LogP contribution in [0, 0.1) is 0 Å². The summed E-state index contributed by atoms with van der Waals surface area (Å²) < 4.78 is 5.65. The predicted octanol–water partition coefficient (Wildman–Crippen LogP) is 4.16. The molecule has 2 aromatic carbocycles. The number of hydrogen-bond donors (Lipinski definition) is 0. The van der Waals surface area contributed by atoms with Gasteiger partial charge >= 0.3 is 0 Å². The van der Waals surface area contributed by atoms with Gasteiger partial charge in [0.2, 0.25) is 5.91 Å². The van der Waals surface area contributed by atoms with Gasteiger partial charge in [0.05, 0.1) is 12.0 Å². The van der Waals surface area contributed by atoms with Crippen molar-refractivity contribution in [2.45, 2.75) is 19.3 Å². The van der Waals surface area contributed by atoms with Crippen LogP contribution >= 0.6 is 11.6 Å². The van der Waals surface area contributed by atoms with Crippen LogP contribution in [0.5, 0.6) is 5.75 Å². The maximum Gasteiger partial charge on any atom is 0.232 e. The van der Waals surface area contributed by atoms with E-state index in [1.54, 1.807) is 24.1 Å². The van der Waals surface area contributed by atoms with Crippen LogP contribution in [0.15, 0.2) is 54.6 Å². The van der Waals surface area contributed by atoms with E-state index < -0.39 is 5.41 Å². The van der Waals surface area contributed by atoms with Gasteiger partial charge in [-0.15, -0.1) is 0 Å². The largest absolute Gasteiger partial charge is 0.492 e. The Hall–Kier alpha value is -2.00. The van der Waals surface area contributed by atoms with E-state index in [1.165, 1.54) is 0 Å². The van der Waals surface area contributed by atoms with Gasteiger partial charge in [-0.25, -0.2) is 0 Å². The van der Waals surface area contributed by atoms with E-state index in [2.05, 4.69) is 0 Å². The molecule has 4 heteroatoms. The molecule has 0 N–H and O–H groups in total. The Morgan fingerprint density at radius 1 is 1.09 bits per heavy atom. The van der Waals surface area contributed by atoms with Crippen molar-refractivity contribution in [3.8, 4) is 5.75 Å². The molecule has 0 aromatic heterocycles. The van der Waals surface area contributed by atoms with Crippen molar-refractivity contribution in [2.24, 2.45) is 0 Å². The Bertz CT molecular complexity index is 638. The summed E-state index contributed by atoms with van der Waals surface area (Å²) in [6.45, 7) is 4.86. The summed E-state index contributed by atoms with van der Waals surface area (Å²) in [7, 11) is 1.80. The Morgan fingerprint density at radius 3 is 2.30 bits per heavy atom. The lowest BCUT2D eigenvalue weighted by atomic mass is 9.83. The van der Waals surface area contributed by atoms with Crippen molar-refractivity contribution < 1.29 is 9.53 Å². The molecule has 0 aliphatic heterocycles. The van der Waals surface area contributed by atoms with Gasteiger partial charge in [0, 0.05) is 12.1 Å². The number of carbonyl (C=O) groups excluding carboxylic acids is 1. The highest BCUT2D eigenvalue weighted by Gasteiger charge is 2.32. The number of ether oxygens (including phenoxy) is 1. The van der Waals surface area contributed by atoms with E-state index in [0.29, 0.717) is 18.2 Å². The molecule has 1 amide bonds. The maximum atomic E-state index is 12.7. The van der Waals surface area contributed by atoms with Crippen molar-refractivity contribution in [2.75, 3.05) is 20.2 Å². The highest BCUT2D eigenvalue weighted by atomic mass is 35.5. The van der Waals surface area contributed by atoms with E-state index in [0.717, 1.165) is 11.3 Å². The molecule has 0 aliphatic carbocycles. The van der Waals surface area contributed by atoms with Gasteiger partial charge in [-0.05, 0) is 43.7 Å². The molecular formula is C19H22ClNO2. The monoisotopic (exact) mass is 331 g/mol.